The minimum atomic E-state index is -2.99. The first-order valence-electron chi connectivity index (χ1n) is 7.69. The van der Waals surface area contributed by atoms with Crippen LogP contribution >= 0.6 is 22.9 Å². The number of nitrogens with one attached hydrogen (secondary N) is 1. The summed E-state index contributed by atoms with van der Waals surface area (Å²) in [4.78, 5) is 5.36. The number of nitrogens with zero attached hydrogens (tertiary/aromatic N) is 3. The van der Waals surface area contributed by atoms with Crippen LogP contribution in [0.15, 0.2) is 30.5 Å². The van der Waals surface area contributed by atoms with Crippen LogP contribution in [0, 0.1) is 0 Å². The molecule has 0 fully saturated rings. The van der Waals surface area contributed by atoms with E-state index < -0.39 is 9.84 Å². The molecule has 1 aromatic carbocycles. The summed E-state index contributed by atoms with van der Waals surface area (Å²) in [6.07, 6.45) is 3.62. The molecule has 0 amide bonds. The Morgan fingerprint density at radius 1 is 1.28 bits per heavy atom. The van der Waals surface area contributed by atoms with Crippen LogP contribution in [0.1, 0.15) is 20.3 Å². The minimum Gasteiger partial charge on any atom is -0.355 e. The van der Waals surface area contributed by atoms with Crippen molar-refractivity contribution in [1.82, 2.24) is 14.6 Å². The van der Waals surface area contributed by atoms with E-state index in [0.29, 0.717) is 16.6 Å². The number of benzene rings is 1. The van der Waals surface area contributed by atoms with Crippen LogP contribution in [0.25, 0.3) is 16.2 Å². The van der Waals surface area contributed by atoms with E-state index in [9.17, 15) is 8.42 Å². The molecule has 0 radical (unpaired) electrons. The van der Waals surface area contributed by atoms with Crippen LogP contribution in [0.4, 0.5) is 5.13 Å². The summed E-state index contributed by atoms with van der Waals surface area (Å²) in [6.45, 7) is 3.92. The number of anilines is 1. The van der Waals surface area contributed by atoms with Crippen molar-refractivity contribution in [3.05, 3.63) is 35.5 Å². The molecule has 6 nitrogen and oxygen atoms in total. The van der Waals surface area contributed by atoms with Crippen molar-refractivity contribution in [2.75, 3.05) is 17.3 Å². The Hall–Kier alpha value is -1.64. The predicted octanol–water partition coefficient (Wildman–Crippen LogP) is 3.74. The average Bonchev–Trinajstić information content (AvgIpc) is 3.03. The molecule has 9 heteroatoms. The summed E-state index contributed by atoms with van der Waals surface area (Å²) >= 11 is 7.34. The van der Waals surface area contributed by atoms with Crippen molar-refractivity contribution in [3.63, 3.8) is 0 Å². The third kappa shape index (κ3) is 4.71. The molecule has 1 N–H and O–H groups in total. The summed E-state index contributed by atoms with van der Waals surface area (Å²) in [7, 11) is -2.99. The lowest BCUT2D eigenvalue weighted by Crippen LogP contribution is -2.33. The molecule has 0 saturated carbocycles. The van der Waals surface area contributed by atoms with E-state index in [1.54, 1.807) is 4.52 Å². The zero-order chi connectivity index (χ0) is 18.2. The summed E-state index contributed by atoms with van der Waals surface area (Å²) in [5.74, 6) is 0.135. The van der Waals surface area contributed by atoms with Gasteiger partial charge in [-0.05, 0) is 32.4 Å². The molecule has 0 unspecified atom stereocenters. The second kappa shape index (κ2) is 6.59. The molecule has 0 bridgehead atoms. The fraction of sp³-hybridized carbons (Fsp3) is 0.375. The first-order chi connectivity index (χ1) is 11.6. The van der Waals surface area contributed by atoms with E-state index in [0.717, 1.165) is 16.2 Å². The van der Waals surface area contributed by atoms with Crippen LogP contribution in [0.5, 0.6) is 0 Å². The quantitative estimate of drug-likeness (QED) is 0.684. The third-order valence-corrected chi connectivity index (χ3v) is 5.76. The van der Waals surface area contributed by atoms with Crippen LogP contribution in [-0.2, 0) is 9.84 Å². The molecule has 0 spiro atoms. The van der Waals surface area contributed by atoms with E-state index in [-0.39, 0.29) is 11.3 Å². The number of fused-ring (bicyclic) bond motifs is 1. The van der Waals surface area contributed by atoms with E-state index in [1.807, 2.05) is 44.3 Å². The number of halogens is 1. The molecule has 134 valence electrons. The highest BCUT2D eigenvalue weighted by Crippen LogP contribution is 2.27. The maximum Gasteiger partial charge on any atom is 0.214 e. The first-order valence-corrected chi connectivity index (χ1v) is 10.9. The maximum absolute atomic E-state index is 11.4. The molecule has 0 saturated heterocycles. The lowest BCUT2D eigenvalue weighted by atomic mass is 10.0. The number of aromatic nitrogens is 3. The van der Waals surface area contributed by atoms with Crippen molar-refractivity contribution in [2.24, 2.45) is 0 Å². The lowest BCUT2D eigenvalue weighted by molar-refractivity contribution is 0.534. The van der Waals surface area contributed by atoms with Gasteiger partial charge in [-0.15, -0.1) is 5.10 Å². The Bertz CT molecular complexity index is 959. The Balaban J connectivity index is 1.76. The summed E-state index contributed by atoms with van der Waals surface area (Å²) in [5, 5.41) is 9.19. The highest BCUT2D eigenvalue weighted by Gasteiger charge is 2.22. The number of hydrogen-bond donors (Lipinski definition) is 1. The molecule has 0 aliphatic heterocycles. The summed E-state index contributed by atoms with van der Waals surface area (Å²) < 4.78 is 24.4. The standard InChI is InChI=1S/C16H19ClN4O2S2/c1-16(2,8-9-25(3,22)23)19-14-20-21-10-13(18-15(21)24-14)11-4-6-12(17)7-5-11/h4-7,10H,8-9H2,1-3H3,(H,19,20). The van der Waals surface area contributed by atoms with Gasteiger partial charge in [0.1, 0.15) is 9.84 Å². The SMILES string of the molecule is CC(C)(CCS(C)(=O)=O)Nc1nn2cc(-c3ccc(Cl)cc3)nc2s1. The minimum absolute atomic E-state index is 0.135. The second-order valence-corrected chi connectivity index (χ2v) is 10.3. The smallest absolute Gasteiger partial charge is 0.214 e. The van der Waals surface area contributed by atoms with Crippen molar-refractivity contribution in [3.8, 4) is 11.3 Å². The molecular formula is C16H19ClN4O2S2. The van der Waals surface area contributed by atoms with Gasteiger partial charge in [0.05, 0.1) is 17.6 Å². The van der Waals surface area contributed by atoms with Crippen molar-refractivity contribution < 1.29 is 8.42 Å². The van der Waals surface area contributed by atoms with Gasteiger partial charge >= 0.3 is 0 Å². The van der Waals surface area contributed by atoms with Crippen molar-refractivity contribution in [2.45, 2.75) is 25.8 Å². The van der Waals surface area contributed by atoms with E-state index in [2.05, 4.69) is 15.4 Å². The fourth-order valence-corrected chi connectivity index (χ4v) is 4.27. The number of sulfone groups is 1. The molecular weight excluding hydrogens is 380 g/mol. The fourth-order valence-electron chi connectivity index (χ4n) is 2.30. The Morgan fingerprint density at radius 2 is 1.96 bits per heavy atom. The van der Waals surface area contributed by atoms with Crippen LogP contribution in [0.3, 0.4) is 0 Å². The van der Waals surface area contributed by atoms with E-state index >= 15 is 0 Å². The Labute approximate surface area is 155 Å². The van der Waals surface area contributed by atoms with Gasteiger partial charge in [-0.25, -0.2) is 17.9 Å². The molecule has 2 aromatic heterocycles. The lowest BCUT2D eigenvalue weighted by Gasteiger charge is -2.25. The Kier molecular flexibility index (Phi) is 4.78. The van der Waals surface area contributed by atoms with Gasteiger partial charge < -0.3 is 5.32 Å². The molecule has 3 aromatic rings. The first kappa shape index (κ1) is 18.2. The molecule has 2 heterocycles. The van der Waals surface area contributed by atoms with Gasteiger partial charge in [-0.1, -0.05) is 35.1 Å². The monoisotopic (exact) mass is 398 g/mol. The van der Waals surface area contributed by atoms with Gasteiger partial charge in [0.25, 0.3) is 0 Å². The predicted molar refractivity (Wildman–Crippen MR) is 103 cm³/mol. The van der Waals surface area contributed by atoms with Crippen molar-refractivity contribution in [1.29, 1.82) is 0 Å². The number of imidazole rings is 1. The average molecular weight is 399 g/mol. The second-order valence-electron chi connectivity index (χ2n) is 6.66. The van der Waals surface area contributed by atoms with E-state index in [1.165, 1.54) is 17.6 Å². The molecule has 0 aliphatic carbocycles. The topological polar surface area (TPSA) is 76.4 Å². The van der Waals surface area contributed by atoms with E-state index in [4.69, 9.17) is 11.6 Å². The highest BCUT2D eigenvalue weighted by molar-refractivity contribution is 7.90. The van der Waals surface area contributed by atoms with Crippen LogP contribution in [-0.4, -0.2) is 40.6 Å². The highest BCUT2D eigenvalue weighted by atomic mass is 35.5. The molecule has 0 atom stereocenters. The normalized spacial score (nSPS) is 12.6. The van der Waals surface area contributed by atoms with Gasteiger partial charge in [0, 0.05) is 22.4 Å². The molecule has 0 aliphatic rings. The summed E-state index contributed by atoms with van der Waals surface area (Å²) in [6, 6.07) is 7.49. The third-order valence-electron chi connectivity index (χ3n) is 3.73. The van der Waals surface area contributed by atoms with Gasteiger partial charge in [-0.2, -0.15) is 0 Å². The maximum atomic E-state index is 11.4. The van der Waals surface area contributed by atoms with Gasteiger partial charge in [-0.3, -0.25) is 0 Å². The number of rotatable bonds is 6. The molecule has 25 heavy (non-hydrogen) atoms. The largest absolute Gasteiger partial charge is 0.355 e. The van der Waals surface area contributed by atoms with Crippen molar-refractivity contribution >= 4 is 42.9 Å². The van der Waals surface area contributed by atoms with Crippen LogP contribution < -0.4 is 5.32 Å². The summed E-state index contributed by atoms with van der Waals surface area (Å²) in [5.41, 5.74) is 1.43. The van der Waals surface area contributed by atoms with Crippen LogP contribution in [0.2, 0.25) is 5.02 Å². The number of hydrogen-bond acceptors (Lipinski definition) is 6. The van der Waals surface area contributed by atoms with Gasteiger partial charge in [0.2, 0.25) is 10.1 Å². The zero-order valence-electron chi connectivity index (χ0n) is 14.2. The zero-order valence-corrected chi connectivity index (χ0v) is 16.5. The Morgan fingerprint density at radius 3 is 2.56 bits per heavy atom. The molecule has 3 rings (SSSR count). The van der Waals surface area contributed by atoms with Gasteiger partial charge in [0.15, 0.2) is 0 Å².